The Kier molecular flexibility index (Phi) is 14.3. The third-order valence-electron chi connectivity index (χ3n) is 3.40. The molecule has 1 rings (SSSR count). The average Bonchev–Trinajstić information content (AvgIpc) is 2.85. The maximum atomic E-state index is 2.29. The second-order valence-electron chi connectivity index (χ2n) is 5.06. The second-order valence-corrected chi connectivity index (χ2v) is 5.84. The topological polar surface area (TPSA) is 0 Å². The molecule has 1 aromatic rings. The monoisotopic (exact) mass is 374 g/mol. The van der Waals surface area contributed by atoms with Gasteiger partial charge in [0.2, 0.25) is 0 Å². The SMILES string of the molecule is CCCCCCCCCCCCc1ccsc1.[SnH2]. The molecule has 0 amide bonds. The van der Waals surface area contributed by atoms with E-state index >= 15 is 0 Å². The maximum absolute atomic E-state index is 2.29. The van der Waals surface area contributed by atoms with E-state index < -0.39 is 0 Å². The molecule has 0 aromatic carbocycles. The van der Waals surface area contributed by atoms with Crippen LogP contribution in [0.3, 0.4) is 0 Å². The molecule has 0 aliphatic carbocycles. The van der Waals surface area contributed by atoms with Crippen molar-refractivity contribution in [2.45, 2.75) is 77.6 Å². The summed E-state index contributed by atoms with van der Waals surface area (Å²) in [7, 11) is 0. The van der Waals surface area contributed by atoms with Crippen LogP contribution >= 0.6 is 11.3 Å². The van der Waals surface area contributed by atoms with Crippen molar-refractivity contribution in [3.05, 3.63) is 22.4 Å². The first-order chi connectivity index (χ1) is 8.43. The van der Waals surface area contributed by atoms with E-state index in [2.05, 4.69) is 23.8 Å². The second kappa shape index (κ2) is 13.9. The van der Waals surface area contributed by atoms with Gasteiger partial charge in [-0.2, -0.15) is 11.3 Å². The summed E-state index contributed by atoms with van der Waals surface area (Å²) >= 11 is 1.82. The summed E-state index contributed by atoms with van der Waals surface area (Å²) in [4.78, 5) is 0. The van der Waals surface area contributed by atoms with Crippen LogP contribution in [0.15, 0.2) is 16.8 Å². The van der Waals surface area contributed by atoms with Gasteiger partial charge in [-0.15, -0.1) is 0 Å². The molecular weight excluding hydrogens is 343 g/mol. The van der Waals surface area contributed by atoms with E-state index in [1.165, 1.54) is 76.2 Å². The van der Waals surface area contributed by atoms with Gasteiger partial charge in [0.25, 0.3) is 0 Å². The number of thiophene rings is 1. The number of unbranched alkanes of at least 4 members (excludes halogenated alkanes) is 9. The summed E-state index contributed by atoms with van der Waals surface area (Å²) < 4.78 is 0. The molecule has 104 valence electrons. The molecule has 0 aliphatic rings. The Bertz CT molecular complexity index is 244. The molecule has 0 aliphatic heterocycles. The van der Waals surface area contributed by atoms with Crippen LogP contribution in [-0.4, -0.2) is 23.9 Å². The van der Waals surface area contributed by atoms with E-state index in [4.69, 9.17) is 0 Å². The van der Waals surface area contributed by atoms with Crippen LogP contribution in [0.4, 0.5) is 0 Å². The molecule has 0 atom stereocenters. The molecule has 18 heavy (non-hydrogen) atoms. The Morgan fingerprint density at radius 1 is 0.833 bits per heavy atom. The third kappa shape index (κ3) is 10.4. The Balaban J connectivity index is 0.00000289. The predicted octanol–water partition coefficient (Wildman–Crippen LogP) is 5.30. The minimum absolute atomic E-state index is 0. The van der Waals surface area contributed by atoms with Crippen LogP contribution < -0.4 is 0 Å². The van der Waals surface area contributed by atoms with Gasteiger partial charge in [-0.3, -0.25) is 0 Å². The van der Waals surface area contributed by atoms with E-state index in [0.29, 0.717) is 0 Å². The number of aryl methyl sites for hydroxylation is 1. The predicted molar refractivity (Wildman–Crippen MR) is 88.4 cm³/mol. The van der Waals surface area contributed by atoms with Crippen molar-refractivity contribution in [2.75, 3.05) is 0 Å². The fourth-order valence-corrected chi connectivity index (χ4v) is 2.95. The molecule has 1 aromatic heterocycles. The molecule has 0 unspecified atom stereocenters. The average molecular weight is 373 g/mol. The Morgan fingerprint density at radius 2 is 1.39 bits per heavy atom. The number of rotatable bonds is 11. The van der Waals surface area contributed by atoms with Gasteiger partial charge in [-0.25, -0.2) is 0 Å². The molecular formula is C16H30SSn. The van der Waals surface area contributed by atoms with Crippen molar-refractivity contribution in [2.24, 2.45) is 0 Å². The number of hydrogen-bond acceptors (Lipinski definition) is 1. The fourth-order valence-electron chi connectivity index (χ4n) is 2.25. The van der Waals surface area contributed by atoms with E-state index in [9.17, 15) is 0 Å². The van der Waals surface area contributed by atoms with E-state index in [-0.39, 0.29) is 23.9 Å². The van der Waals surface area contributed by atoms with Gasteiger partial charge in [0.15, 0.2) is 0 Å². The molecule has 0 bridgehead atoms. The van der Waals surface area contributed by atoms with Gasteiger partial charge in [0, 0.05) is 0 Å². The molecule has 0 saturated carbocycles. The van der Waals surface area contributed by atoms with Crippen LogP contribution in [0.25, 0.3) is 0 Å². The van der Waals surface area contributed by atoms with Crippen molar-refractivity contribution in [3.8, 4) is 0 Å². The molecule has 0 spiro atoms. The van der Waals surface area contributed by atoms with Gasteiger partial charge in [-0.05, 0) is 35.2 Å². The molecule has 2 radical (unpaired) electrons. The zero-order valence-electron chi connectivity index (χ0n) is 12.1. The minimum atomic E-state index is 0. The Morgan fingerprint density at radius 3 is 1.89 bits per heavy atom. The van der Waals surface area contributed by atoms with Crippen LogP contribution in [0.2, 0.25) is 0 Å². The van der Waals surface area contributed by atoms with Crippen molar-refractivity contribution in [1.82, 2.24) is 0 Å². The van der Waals surface area contributed by atoms with Crippen LogP contribution in [0.5, 0.6) is 0 Å². The fraction of sp³-hybridized carbons (Fsp3) is 0.750. The summed E-state index contributed by atoms with van der Waals surface area (Å²) in [6.07, 6.45) is 15.6. The van der Waals surface area contributed by atoms with E-state index in [1.807, 2.05) is 11.3 Å². The molecule has 0 fully saturated rings. The van der Waals surface area contributed by atoms with Gasteiger partial charge in [0.1, 0.15) is 0 Å². The van der Waals surface area contributed by atoms with E-state index in [0.717, 1.165) is 0 Å². The summed E-state index contributed by atoms with van der Waals surface area (Å²) in [5.74, 6) is 0. The first-order valence-electron chi connectivity index (χ1n) is 7.44. The first kappa shape index (κ1) is 18.5. The van der Waals surface area contributed by atoms with Crippen LogP contribution in [-0.2, 0) is 6.42 Å². The van der Waals surface area contributed by atoms with Crippen molar-refractivity contribution in [3.63, 3.8) is 0 Å². The van der Waals surface area contributed by atoms with Gasteiger partial charge < -0.3 is 0 Å². The third-order valence-corrected chi connectivity index (χ3v) is 4.13. The van der Waals surface area contributed by atoms with Crippen LogP contribution in [0.1, 0.15) is 76.7 Å². The molecule has 0 N–H and O–H groups in total. The normalized spacial score (nSPS) is 10.3. The molecule has 1 heterocycles. The number of hydrogen-bond donors (Lipinski definition) is 0. The quantitative estimate of drug-likeness (QED) is 0.365. The van der Waals surface area contributed by atoms with E-state index in [1.54, 1.807) is 0 Å². The summed E-state index contributed by atoms with van der Waals surface area (Å²) in [6.45, 7) is 2.29. The van der Waals surface area contributed by atoms with Crippen molar-refractivity contribution < 1.29 is 0 Å². The summed E-state index contributed by atoms with van der Waals surface area (Å²) in [5, 5.41) is 4.47. The van der Waals surface area contributed by atoms with Gasteiger partial charge >= 0.3 is 23.9 Å². The Labute approximate surface area is 135 Å². The zero-order chi connectivity index (χ0) is 12.2. The molecule has 0 nitrogen and oxygen atoms in total. The molecule has 2 heteroatoms. The summed E-state index contributed by atoms with van der Waals surface area (Å²) in [6, 6.07) is 2.26. The van der Waals surface area contributed by atoms with Gasteiger partial charge in [0.05, 0.1) is 0 Å². The Hall–Kier alpha value is 0.499. The van der Waals surface area contributed by atoms with Crippen LogP contribution in [0, 0.1) is 0 Å². The summed E-state index contributed by atoms with van der Waals surface area (Å²) in [5.41, 5.74) is 1.54. The van der Waals surface area contributed by atoms with Gasteiger partial charge in [-0.1, -0.05) is 64.7 Å². The zero-order valence-corrected chi connectivity index (χ0v) is 17.0. The van der Waals surface area contributed by atoms with Crippen molar-refractivity contribution >= 4 is 35.2 Å². The first-order valence-corrected chi connectivity index (χ1v) is 8.39. The van der Waals surface area contributed by atoms with Crippen molar-refractivity contribution in [1.29, 1.82) is 0 Å². The molecule has 0 saturated heterocycles. The standard InChI is InChI=1S/C16H28S.Sn.2H/c1-2-3-4-5-6-7-8-9-10-11-12-16-13-14-17-15-16;;;/h13-15H,2-12H2,1H3;;;.